The van der Waals surface area contributed by atoms with Crippen molar-refractivity contribution in [2.45, 2.75) is 0 Å². The number of benzene rings is 1. The molecule has 14 heavy (non-hydrogen) atoms. The van der Waals surface area contributed by atoms with Crippen molar-refractivity contribution >= 4 is 16.9 Å². The molecule has 0 N–H and O–H groups in total. The number of esters is 1. The third-order valence-corrected chi connectivity index (χ3v) is 1.93. The minimum atomic E-state index is -0.344. The van der Waals surface area contributed by atoms with Crippen LogP contribution in [0.1, 0.15) is 10.4 Å². The summed E-state index contributed by atoms with van der Waals surface area (Å²) in [6.07, 6.45) is 1.59. The molecule has 0 saturated carbocycles. The van der Waals surface area contributed by atoms with Gasteiger partial charge in [0, 0.05) is 5.39 Å². The predicted molar refractivity (Wildman–Crippen MR) is 50.9 cm³/mol. The number of methoxy groups -OCH3 is 1. The van der Waals surface area contributed by atoms with Crippen LogP contribution in [0, 0.1) is 0 Å². The van der Waals surface area contributed by atoms with E-state index in [0.717, 1.165) is 10.9 Å². The van der Waals surface area contributed by atoms with Crippen LogP contribution in [0.3, 0.4) is 0 Å². The second-order valence-electron chi connectivity index (χ2n) is 2.80. The van der Waals surface area contributed by atoms with Crippen LogP contribution in [0.4, 0.5) is 0 Å². The number of hydrogen-bond acceptors (Lipinski definition) is 4. The fraction of sp³-hybridized carbons (Fsp3) is 0.100. The number of aromatic nitrogens is 2. The van der Waals surface area contributed by atoms with Gasteiger partial charge < -0.3 is 4.74 Å². The van der Waals surface area contributed by atoms with Crippen LogP contribution in [0.5, 0.6) is 0 Å². The number of rotatable bonds is 1. The van der Waals surface area contributed by atoms with Gasteiger partial charge in [0.1, 0.15) is 0 Å². The Hall–Kier alpha value is -1.97. The number of carbonyl (C=O) groups is 1. The van der Waals surface area contributed by atoms with E-state index in [9.17, 15) is 4.79 Å². The van der Waals surface area contributed by atoms with Crippen molar-refractivity contribution < 1.29 is 9.53 Å². The molecule has 0 amide bonds. The highest BCUT2D eigenvalue weighted by atomic mass is 16.5. The molecule has 1 heterocycles. The number of fused-ring (bicyclic) bond motifs is 1. The quantitative estimate of drug-likeness (QED) is 0.635. The van der Waals surface area contributed by atoms with Crippen molar-refractivity contribution in [3.63, 3.8) is 0 Å². The van der Waals surface area contributed by atoms with Crippen molar-refractivity contribution in [3.05, 3.63) is 36.0 Å². The van der Waals surface area contributed by atoms with Gasteiger partial charge in [-0.05, 0) is 24.3 Å². The lowest BCUT2D eigenvalue weighted by Gasteiger charge is -1.99. The van der Waals surface area contributed by atoms with Crippen molar-refractivity contribution in [1.82, 2.24) is 10.2 Å². The van der Waals surface area contributed by atoms with Gasteiger partial charge in [-0.2, -0.15) is 10.2 Å². The summed E-state index contributed by atoms with van der Waals surface area (Å²) in [6, 6.07) is 6.95. The zero-order chi connectivity index (χ0) is 9.97. The van der Waals surface area contributed by atoms with Gasteiger partial charge in [-0.25, -0.2) is 4.79 Å². The molecule has 0 aliphatic heterocycles. The number of nitrogens with zero attached hydrogens (tertiary/aromatic N) is 2. The highest BCUT2D eigenvalue weighted by Crippen LogP contribution is 2.12. The van der Waals surface area contributed by atoms with E-state index in [1.54, 1.807) is 30.5 Å². The average molecular weight is 188 g/mol. The van der Waals surface area contributed by atoms with Gasteiger partial charge in [-0.1, -0.05) is 0 Å². The lowest BCUT2D eigenvalue weighted by molar-refractivity contribution is 0.0601. The summed E-state index contributed by atoms with van der Waals surface area (Å²) in [5.74, 6) is -0.344. The maximum Gasteiger partial charge on any atom is 0.337 e. The van der Waals surface area contributed by atoms with E-state index >= 15 is 0 Å². The summed E-state index contributed by atoms with van der Waals surface area (Å²) in [4.78, 5) is 11.2. The molecule has 0 atom stereocenters. The molecule has 1 aromatic carbocycles. The zero-order valence-electron chi connectivity index (χ0n) is 7.60. The van der Waals surface area contributed by atoms with Gasteiger partial charge >= 0.3 is 5.97 Å². The standard InChI is InChI=1S/C10H8N2O2/c1-14-10(13)8-2-3-9-7(6-8)4-5-11-12-9/h2-6H,1H3. The lowest BCUT2D eigenvalue weighted by atomic mass is 10.1. The molecule has 0 spiro atoms. The predicted octanol–water partition coefficient (Wildman–Crippen LogP) is 1.42. The smallest absolute Gasteiger partial charge is 0.337 e. The Kier molecular flexibility index (Phi) is 2.10. The molecule has 0 radical (unpaired) electrons. The van der Waals surface area contributed by atoms with Crippen LogP contribution in [0.15, 0.2) is 30.5 Å². The van der Waals surface area contributed by atoms with Crippen molar-refractivity contribution in [2.75, 3.05) is 7.11 Å². The monoisotopic (exact) mass is 188 g/mol. The van der Waals surface area contributed by atoms with E-state index < -0.39 is 0 Å². The van der Waals surface area contributed by atoms with Gasteiger partial charge in [-0.3, -0.25) is 0 Å². The zero-order valence-corrected chi connectivity index (χ0v) is 7.60. The van der Waals surface area contributed by atoms with Crippen LogP contribution < -0.4 is 0 Å². The Morgan fingerprint density at radius 3 is 3.00 bits per heavy atom. The Bertz CT molecular complexity index is 482. The highest BCUT2D eigenvalue weighted by molar-refractivity contribution is 5.94. The molecular weight excluding hydrogens is 180 g/mol. The number of ether oxygens (including phenoxy) is 1. The summed E-state index contributed by atoms with van der Waals surface area (Å²) in [5, 5.41) is 8.52. The second-order valence-corrected chi connectivity index (χ2v) is 2.80. The topological polar surface area (TPSA) is 52.1 Å². The average Bonchev–Trinajstić information content (AvgIpc) is 2.27. The molecule has 0 saturated heterocycles. The van der Waals surface area contributed by atoms with E-state index in [0.29, 0.717) is 5.56 Å². The van der Waals surface area contributed by atoms with E-state index in [4.69, 9.17) is 0 Å². The first-order valence-electron chi connectivity index (χ1n) is 4.11. The molecule has 0 unspecified atom stereocenters. The van der Waals surface area contributed by atoms with E-state index in [2.05, 4.69) is 14.9 Å². The molecule has 2 aromatic rings. The van der Waals surface area contributed by atoms with Crippen LogP contribution in [-0.4, -0.2) is 23.3 Å². The third kappa shape index (κ3) is 1.42. The molecule has 0 bridgehead atoms. The lowest BCUT2D eigenvalue weighted by Crippen LogP contribution is -2.00. The molecular formula is C10H8N2O2. The minimum Gasteiger partial charge on any atom is -0.465 e. The van der Waals surface area contributed by atoms with Gasteiger partial charge in [0.05, 0.1) is 24.4 Å². The normalized spacial score (nSPS) is 10.1. The largest absolute Gasteiger partial charge is 0.465 e. The first-order chi connectivity index (χ1) is 6.81. The van der Waals surface area contributed by atoms with E-state index in [1.807, 2.05) is 0 Å². The third-order valence-electron chi connectivity index (χ3n) is 1.93. The Balaban J connectivity index is 2.56. The first kappa shape index (κ1) is 8.62. The first-order valence-corrected chi connectivity index (χ1v) is 4.11. The molecule has 1 aromatic heterocycles. The fourth-order valence-electron chi connectivity index (χ4n) is 1.23. The molecule has 2 rings (SSSR count). The molecule has 0 aliphatic carbocycles. The Morgan fingerprint density at radius 1 is 1.36 bits per heavy atom. The van der Waals surface area contributed by atoms with Crippen molar-refractivity contribution in [2.24, 2.45) is 0 Å². The summed E-state index contributed by atoms with van der Waals surface area (Å²) < 4.78 is 4.61. The highest BCUT2D eigenvalue weighted by Gasteiger charge is 2.05. The van der Waals surface area contributed by atoms with Gasteiger partial charge in [0.25, 0.3) is 0 Å². The van der Waals surface area contributed by atoms with Gasteiger partial charge in [-0.15, -0.1) is 0 Å². The minimum absolute atomic E-state index is 0.344. The maximum absolute atomic E-state index is 11.2. The van der Waals surface area contributed by atoms with Crippen LogP contribution >= 0.6 is 0 Å². The molecule has 4 nitrogen and oxygen atoms in total. The van der Waals surface area contributed by atoms with E-state index in [-0.39, 0.29) is 5.97 Å². The maximum atomic E-state index is 11.2. The summed E-state index contributed by atoms with van der Waals surface area (Å²) in [6.45, 7) is 0. The molecule has 0 fully saturated rings. The van der Waals surface area contributed by atoms with Crippen molar-refractivity contribution in [3.8, 4) is 0 Å². The fourth-order valence-corrected chi connectivity index (χ4v) is 1.23. The Morgan fingerprint density at radius 2 is 2.21 bits per heavy atom. The van der Waals surface area contributed by atoms with E-state index in [1.165, 1.54) is 7.11 Å². The SMILES string of the molecule is COC(=O)c1ccc2nnccc2c1. The van der Waals surface area contributed by atoms with Crippen LogP contribution in [-0.2, 0) is 4.74 Å². The summed E-state index contributed by atoms with van der Waals surface area (Å²) >= 11 is 0. The Labute approximate surface area is 80.5 Å². The second kappa shape index (κ2) is 3.41. The molecule has 0 aliphatic rings. The van der Waals surface area contributed by atoms with Gasteiger partial charge in [0.2, 0.25) is 0 Å². The van der Waals surface area contributed by atoms with Crippen LogP contribution in [0.2, 0.25) is 0 Å². The number of carbonyl (C=O) groups excluding carboxylic acids is 1. The summed E-state index contributed by atoms with van der Waals surface area (Å²) in [5.41, 5.74) is 1.29. The summed E-state index contributed by atoms with van der Waals surface area (Å²) in [7, 11) is 1.36. The van der Waals surface area contributed by atoms with Crippen molar-refractivity contribution in [1.29, 1.82) is 0 Å². The molecule has 70 valence electrons. The number of hydrogen-bond donors (Lipinski definition) is 0. The van der Waals surface area contributed by atoms with Crippen LogP contribution in [0.25, 0.3) is 10.9 Å². The van der Waals surface area contributed by atoms with Gasteiger partial charge in [0.15, 0.2) is 0 Å². The molecule has 4 heteroatoms.